The number of aliphatic hydroxyl groups excluding tert-OH is 1. The highest BCUT2D eigenvalue weighted by molar-refractivity contribution is 5.93. The van der Waals surface area contributed by atoms with Gasteiger partial charge < -0.3 is 19.7 Å². The SMILES string of the molecule is C=C[C@@]1(C)[C@@H](OC(=O)/C(C)=C\C)[C@H](O)[C@@]2(O)C(=C)C(=O)O[C@H]2[C@@H]1C(=C)C. The number of fused-ring (bicyclic) bond motifs is 1. The third-order valence-electron chi connectivity index (χ3n) is 5.68. The second-order valence-corrected chi connectivity index (χ2v) is 7.27. The van der Waals surface area contributed by atoms with Crippen LogP contribution in [-0.4, -0.2) is 46.1 Å². The summed E-state index contributed by atoms with van der Waals surface area (Å²) in [6.07, 6.45) is -0.795. The maximum atomic E-state index is 12.3. The standard InChI is InChI=1S/C20H26O6/c1-8-11(5)17(22)26-16-14(21)20(24)12(6)18(23)25-15(20)13(10(3)4)19(16,7)9-2/h8-9,13-16,21,24H,2-3,6H2,1,4-5,7H3/b11-8-/t13-,14-,15-,16-,19+,20-/m0/s1. The molecule has 1 aliphatic carbocycles. The van der Waals surface area contributed by atoms with Crippen LogP contribution in [0.25, 0.3) is 0 Å². The molecule has 26 heavy (non-hydrogen) atoms. The van der Waals surface area contributed by atoms with Crippen LogP contribution in [0, 0.1) is 11.3 Å². The first kappa shape index (κ1) is 20.1. The molecule has 6 heteroatoms. The van der Waals surface area contributed by atoms with Crippen LogP contribution in [0.4, 0.5) is 0 Å². The summed E-state index contributed by atoms with van der Waals surface area (Å²) in [6.45, 7) is 18.0. The summed E-state index contributed by atoms with van der Waals surface area (Å²) in [5, 5.41) is 22.1. The third-order valence-corrected chi connectivity index (χ3v) is 5.68. The van der Waals surface area contributed by atoms with Crippen LogP contribution in [0.5, 0.6) is 0 Å². The van der Waals surface area contributed by atoms with E-state index in [0.717, 1.165) is 0 Å². The molecule has 1 saturated carbocycles. The number of carbonyl (C=O) groups excluding carboxylic acids is 2. The highest BCUT2D eigenvalue weighted by atomic mass is 16.6. The Bertz CT molecular complexity index is 720. The average molecular weight is 362 g/mol. The van der Waals surface area contributed by atoms with Crippen LogP contribution >= 0.6 is 0 Å². The van der Waals surface area contributed by atoms with E-state index in [-0.39, 0.29) is 5.57 Å². The van der Waals surface area contributed by atoms with Crippen LogP contribution in [0.1, 0.15) is 27.7 Å². The Labute approximate surface area is 153 Å². The predicted molar refractivity (Wildman–Crippen MR) is 95.9 cm³/mol. The molecule has 0 bridgehead atoms. The Morgan fingerprint density at radius 2 is 1.96 bits per heavy atom. The fourth-order valence-electron chi connectivity index (χ4n) is 3.90. The van der Waals surface area contributed by atoms with Crippen molar-refractivity contribution in [3.05, 3.63) is 48.6 Å². The first-order valence-corrected chi connectivity index (χ1v) is 8.40. The fourth-order valence-corrected chi connectivity index (χ4v) is 3.90. The molecular weight excluding hydrogens is 336 g/mol. The van der Waals surface area contributed by atoms with Crippen molar-refractivity contribution in [1.82, 2.24) is 0 Å². The van der Waals surface area contributed by atoms with Gasteiger partial charge in [-0.25, -0.2) is 9.59 Å². The zero-order chi connectivity index (χ0) is 20.0. The average Bonchev–Trinajstić information content (AvgIpc) is 2.82. The van der Waals surface area contributed by atoms with E-state index in [2.05, 4.69) is 19.7 Å². The summed E-state index contributed by atoms with van der Waals surface area (Å²) in [5.41, 5.74) is -2.44. The molecule has 0 aromatic carbocycles. The van der Waals surface area contributed by atoms with E-state index >= 15 is 0 Å². The van der Waals surface area contributed by atoms with Gasteiger partial charge >= 0.3 is 11.9 Å². The van der Waals surface area contributed by atoms with Gasteiger partial charge in [-0.2, -0.15) is 0 Å². The zero-order valence-corrected chi connectivity index (χ0v) is 15.6. The van der Waals surface area contributed by atoms with Gasteiger partial charge in [0.1, 0.15) is 18.3 Å². The maximum absolute atomic E-state index is 12.3. The zero-order valence-electron chi connectivity index (χ0n) is 15.6. The molecule has 2 N–H and O–H groups in total. The highest BCUT2D eigenvalue weighted by Gasteiger charge is 2.70. The molecule has 2 rings (SSSR count). The van der Waals surface area contributed by atoms with E-state index in [0.29, 0.717) is 11.1 Å². The maximum Gasteiger partial charge on any atom is 0.337 e. The van der Waals surface area contributed by atoms with Crippen LogP contribution < -0.4 is 0 Å². The molecule has 1 saturated heterocycles. The molecule has 0 amide bonds. The number of aliphatic hydroxyl groups is 2. The number of hydrogen-bond acceptors (Lipinski definition) is 6. The number of esters is 2. The third kappa shape index (κ3) is 2.56. The van der Waals surface area contributed by atoms with Gasteiger partial charge in [0.15, 0.2) is 5.60 Å². The van der Waals surface area contributed by atoms with Gasteiger partial charge in [0, 0.05) is 16.9 Å². The van der Waals surface area contributed by atoms with Crippen molar-refractivity contribution >= 4 is 11.9 Å². The smallest absolute Gasteiger partial charge is 0.337 e. The van der Waals surface area contributed by atoms with E-state index in [9.17, 15) is 19.8 Å². The van der Waals surface area contributed by atoms with E-state index in [1.54, 1.807) is 33.8 Å². The summed E-state index contributed by atoms with van der Waals surface area (Å²) in [7, 11) is 0. The van der Waals surface area contributed by atoms with Crippen molar-refractivity contribution in [2.75, 3.05) is 0 Å². The van der Waals surface area contributed by atoms with E-state index < -0.39 is 47.2 Å². The topological polar surface area (TPSA) is 93.1 Å². The van der Waals surface area contributed by atoms with Gasteiger partial charge in [0.2, 0.25) is 0 Å². The van der Waals surface area contributed by atoms with Crippen molar-refractivity contribution in [2.24, 2.45) is 11.3 Å². The van der Waals surface area contributed by atoms with Gasteiger partial charge in [-0.3, -0.25) is 0 Å². The Morgan fingerprint density at radius 1 is 1.38 bits per heavy atom. The Morgan fingerprint density at radius 3 is 2.42 bits per heavy atom. The predicted octanol–water partition coefficient (Wildman–Crippen LogP) is 1.84. The van der Waals surface area contributed by atoms with Crippen LogP contribution in [0.3, 0.4) is 0 Å². The molecule has 6 atom stereocenters. The van der Waals surface area contributed by atoms with Gasteiger partial charge in [0.25, 0.3) is 0 Å². The Balaban J connectivity index is 2.64. The minimum absolute atomic E-state index is 0.267. The summed E-state index contributed by atoms with van der Waals surface area (Å²) in [4.78, 5) is 24.4. The number of ether oxygens (including phenoxy) is 2. The summed E-state index contributed by atoms with van der Waals surface area (Å²) < 4.78 is 10.9. The van der Waals surface area contributed by atoms with Crippen molar-refractivity contribution in [3.8, 4) is 0 Å². The lowest BCUT2D eigenvalue weighted by atomic mass is 9.56. The molecule has 0 unspecified atom stereocenters. The number of rotatable bonds is 4. The fraction of sp³-hybridized carbons (Fsp3) is 0.500. The number of allylic oxidation sites excluding steroid dienone is 1. The summed E-state index contributed by atoms with van der Waals surface area (Å²) in [6, 6.07) is 0. The first-order chi connectivity index (χ1) is 12.0. The monoisotopic (exact) mass is 362 g/mol. The first-order valence-electron chi connectivity index (χ1n) is 8.40. The molecule has 142 valence electrons. The van der Waals surface area contributed by atoms with Gasteiger partial charge in [-0.05, 0) is 20.8 Å². The van der Waals surface area contributed by atoms with Gasteiger partial charge in [-0.1, -0.05) is 37.8 Å². The van der Waals surface area contributed by atoms with Crippen molar-refractivity contribution < 1.29 is 29.3 Å². The molecular formula is C20H26O6. The second kappa shape index (κ2) is 6.52. The highest BCUT2D eigenvalue weighted by Crippen LogP contribution is 2.55. The lowest BCUT2D eigenvalue weighted by molar-refractivity contribution is -0.228. The minimum Gasteiger partial charge on any atom is -0.455 e. The molecule has 1 aliphatic heterocycles. The molecule has 6 nitrogen and oxygen atoms in total. The summed E-state index contributed by atoms with van der Waals surface area (Å²) in [5.74, 6) is -2.07. The minimum atomic E-state index is -2.09. The number of hydrogen-bond donors (Lipinski definition) is 2. The lowest BCUT2D eigenvalue weighted by Gasteiger charge is -2.54. The largest absolute Gasteiger partial charge is 0.455 e. The molecule has 0 aromatic rings. The van der Waals surface area contributed by atoms with Crippen LogP contribution in [0.15, 0.2) is 48.6 Å². The van der Waals surface area contributed by atoms with E-state index in [1.165, 1.54) is 6.08 Å². The van der Waals surface area contributed by atoms with E-state index in [1.807, 2.05) is 0 Å². The second-order valence-electron chi connectivity index (χ2n) is 7.27. The van der Waals surface area contributed by atoms with Crippen molar-refractivity contribution in [2.45, 2.75) is 51.6 Å². The normalized spacial score (nSPS) is 39.8. The lowest BCUT2D eigenvalue weighted by Crippen LogP contribution is -2.69. The number of carbonyl (C=O) groups is 2. The van der Waals surface area contributed by atoms with Crippen LogP contribution in [-0.2, 0) is 19.1 Å². The molecule has 2 aliphatic rings. The van der Waals surface area contributed by atoms with Crippen molar-refractivity contribution in [3.63, 3.8) is 0 Å². The quantitative estimate of drug-likeness (QED) is 0.450. The van der Waals surface area contributed by atoms with Gasteiger partial charge in [0.05, 0.1) is 5.57 Å². The molecule has 2 fully saturated rings. The van der Waals surface area contributed by atoms with Gasteiger partial charge in [-0.15, -0.1) is 6.58 Å². The Kier molecular flexibility index (Phi) is 5.05. The molecule has 0 spiro atoms. The molecule has 0 radical (unpaired) electrons. The molecule has 1 heterocycles. The van der Waals surface area contributed by atoms with Crippen LogP contribution in [0.2, 0.25) is 0 Å². The molecule has 0 aromatic heterocycles. The van der Waals surface area contributed by atoms with Crippen molar-refractivity contribution in [1.29, 1.82) is 0 Å². The van der Waals surface area contributed by atoms with E-state index in [4.69, 9.17) is 9.47 Å². The Hall–Kier alpha value is -2.18. The summed E-state index contributed by atoms with van der Waals surface area (Å²) >= 11 is 0.